The van der Waals surface area contributed by atoms with Crippen LogP contribution in [-0.4, -0.2) is 63.0 Å². The van der Waals surface area contributed by atoms with E-state index in [1.807, 2.05) is 64.7 Å². The largest absolute Gasteiger partial charge is 0.444 e. The number of pyridine rings is 2. The summed E-state index contributed by atoms with van der Waals surface area (Å²) in [6, 6.07) is 6.00. The SMILES string of the molecule is CC(C)(C)OC(=O)N1CCC(n2cc(-c3cnc4cnn(Sc5cnc6ccc(Cl)cn56)c4c3)cn2)CC1. The summed E-state index contributed by atoms with van der Waals surface area (Å²) in [4.78, 5) is 23.2. The fourth-order valence-corrected chi connectivity index (χ4v) is 5.54. The predicted octanol–water partition coefficient (Wildman–Crippen LogP) is 5.72. The number of rotatable bonds is 4. The number of imidazole rings is 1. The van der Waals surface area contributed by atoms with Gasteiger partial charge < -0.3 is 9.64 Å². The molecule has 0 bridgehead atoms. The molecule has 1 aliphatic heterocycles. The number of likely N-dealkylation sites (tertiary alicyclic amines) is 1. The summed E-state index contributed by atoms with van der Waals surface area (Å²) < 4.78 is 11.3. The maximum atomic E-state index is 12.4. The van der Waals surface area contributed by atoms with Crippen LogP contribution < -0.4 is 0 Å². The molecule has 12 heteroatoms. The van der Waals surface area contributed by atoms with Crippen molar-refractivity contribution in [2.45, 2.75) is 50.3 Å². The van der Waals surface area contributed by atoms with Gasteiger partial charge in [-0.2, -0.15) is 14.3 Å². The van der Waals surface area contributed by atoms with E-state index in [1.54, 1.807) is 17.3 Å². The zero-order valence-electron chi connectivity index (χ0n) is 21.3. The first-order valence-corrected chi connectivity index (χ1v) is 13.6. The highest BCUT2D eigenvalue weighted by Crippen LogP contribution is 2.30. The molecule has 0 unspecified atom stereocenters. The van der Waals surface area contributed by atoms with Crippen molar-refractivity contribution in [1.29, 1.82) is 0 Å². The highest BCUT2D eigenvalue weighted by atomic mass is 35.5. The smallest absolute Gasteiger partial charge is 0.410 e. The van der Waals surface area contributed by atoms with E-state index in [-0.39, 0.29) is 12.1 Å². The molecule has 196 valence electrons. The number of ether oxygens (including phenoxy) is 1. The van der Waals surface area contributed by atoms with E-state index in [0.717, 1.165) is 45.7 Å². The van der Waals surface area contributed by atoms with Crippen LogP contribution in [0.2, 0.25) is 5.02 Å². The summed E-state index contributed by atoms with van der Waals surface area (Å²) >= 11 is 7.64. The Morgan fingerprint density at radius 3 is 2.63 bits per heavy atom. The van der Waals surface area contributed by atoms with Crippen molar-refractivity contribution in [1.82, 2.24) is 38.2 Å². The van der Waals surface area contributed by atoms with Gasteiger partial charge in [0.05, 0.1) is 29.7 Å². The van der Waals surface area contributed by atoms with Gasteiger partial charge in [-0.3, -0.25) is 14.1 Å². The van der Waals surface area contributed by atoms with Crippen LogP contribution in [0.4, 0.5) is 4.79 Å². The third kappa shape index (κ3) is 4.95. The fourth-order valence-electron chi connectivity index (χ4n) is 4.53. The number of halogens is 1. The van der Waals surface area contributed by atoms with Crippen LogP contribution in [0.3, 0.4) is 0 Å². The van der Waals surface area contributed by atoms with E-state index >= 15 is 0 Å². The lowest BCUT2D eigenvalue weighted by molar-refractivity contribution is 0.0185. The second-order valence-electron chi connectivity index (χ2n) is 10.3. The molecule has 1 saturated heterocycles. The zero-order valence-corrected chi connectivity index (χ0v) is 22.9. The zero-order chi connectivity index (χ0) is 26.4. The Labute approximate surface area is 228 Å². The van der Waals surface area contributed by atoms with Gasteiger partial charge in [0, 0.05) is 54.8 Å². The molecule has 0 saturated carbocycles. The van der Waals surface area contributed by atoms with Gasteiger partial charge in [-0.15, -0.1) is 0 Å². The van der Waals surface area contributed by atoms with Crippen molar-refractivity contribution < 1.29 is 9.53 Å². The third-order valence-corrected chi connectivity index (χ3v) is 7.61. The Kier molecular flexibility index (Phi) is 6.27. The fraction of sp³-hybridized carbons (Fsp3) is 0.346. The number of hydrogen-bond donors (Lipinski definition) is 0. The predicted molar refractivity (Wildman–Crippen MR) is 146 cm³/mol. The molecular formula is C26H27ClN8O2S. The Morgan fingerprint density at radius 1 is 1.03 bits per heavy atom. The van der Waals surface area contributed by atoms with Gasteiger partial charge in [0.25, 0.3) is 0 Å². The van der Waals surface area contributed by atoms with Crippen molar-refractivity contribution in [3.8, 4) is 11.1 Å². The molecular weight excluding hydrogens is 524 g/mol. The van der Waals surface area contributed by atoms with Gasteiger partial charge >= 0.3 is 6.09 Å². The van der Waals surface area contributed by atoms with Crippen LogP contribution in [0.5, 0.6) is 0 Å². The number of fused-ring (bicyclic) bond motifs is 2. The summed E-state index contributed by atoms with van der Waals surface area (Å²) in [7, 11) is 0. The van der Waals surface area contributed by atoms with Crippen LogP contribution in [0.25, 0.3) is 27.8 Å². The average molecular weight is 551 g/mol. The molecule has 6 heterocycles. The minimum absolute atomic E-state index is 0.224. The van der Waals surface area contributed by atoms with Crippen molar-refractivity contribution in [3.63, 3.8) is 0 Å². The molecule has 0 spiro atoms. The lowest BCUT2D eigenvalue weighted by atomic mass is 10.1. The second-order valence-corrected chi connectivity index (χ2v) is 11.7. The molecule has 6 rings (SSSR count). The summed E-state index contributed by atoms with van der Waals surface area (Å²) in [6.45, 7) is 6.95. The minimum Gasteiger partial charge on any atom is -0.444 e. The van der Waals surface area contributed by atoms with Crippen molar-refractivity contribution in [2.75, 3.05) is 13.1 Å². The first-order valence-electron chi connectivity index (χ1n) is 12.4. The van der Waals surface area contributed by atoms with Gasteiger partial charge in [-0.1, -0.05) is 11.6 Å². The third-order valence-electron chi connectivity index (χ3n) is 6.43. The van der Waals surface area contributed by atoms with Crippen molar-refractivity contribution in [3.05, 3.63) is 60.4 Å². The molecule has 0 aromatic carbocycles. The van der Waals surface area contributed by atoms with Gasteiger partial charge in [-0.05, 0) is 51.8 Å². The van der Waals surface area contributed by atoms with E-state index in [2.05, 4.69) is 32.4 Å². The lowest BCUT2D eigenvalue weighted by Gasteiger charge is -2.33. The van der Waals surface area contributed by atoms with Crippen LogP contribution in [0.1, 0.15) is 39.7 Å². The highest BCUT2D eigenvalue weighted by molar-refractivity contribution is 7.97. The Hall–Kier alpha value is -3.57. The van der Waals surface area contributed by atoms with E-state index < -0.39 is 5.60 Å². The van der Waals surface area contributed by atoms with Gasteiger partial charge in [0.15, 0.2) is 0 Å². The Balaban J connectivity index is 1.19. The van der Waals surface area contributed by atoms with E-state index in [1.165, 1.54) is 11.9 Å². The standard InChI is InChI=1S/C26H27ClN8O2S/c1-26(2,3)37-25(36)32-8-6-20(7-9-32)34-15-18(12-30-34)17-10-22-21(28-11-17)13-31-35(22)38-24-14-29-23-5-4-19(27)16-33(23)24/h4-5,10-16,20H,6-9H2,1-3H3. The van der Waals surface area contributed by atoms with E-state index in [0.29, 0.717) is 18.1 Å². The summed E-state index contributed by atoms with van der Waals surface area (Å²) in [6.07, 6.45) is 12.6. The Morgan fingerprint density at radius 2 is 1.84 bits per heavy atom. The molecule has 5 aromatic rings. The molecule has 0 N–H and O–H groups in total. The Bertz CT molecular complexity index is 1630. The minimum atomic E-state index is -0.492. The van der Waals surface area contributed by atoms with Gasteiger partial charge in [0.2, 0.25) is 0 Å². The van der Waals surface area contributed by atoms with Crippen molar-refractivity contribution in [2.24, 2.45) is 0 Å². The highest BCUT2D eigenvalue weighted by Gasteiger charge is 2.28. The molecule has 10 nitrogen and oxygen atoms in total. The maximum Gasteiger partial charge on any atom is 0.410 e. The quantitative estimate of drug-likeness (QED) is 0.282. The number of nitrogens with zero attached hydrogens (tertiary/aromatic N) is 8. The van der Waals surface area contributed by atoms with Crippen LogP contribution in [0.15, 0.2) is 60.4 Å². The molecule has 1 fully saturated rings. The number of amides is 1. The monoisotopic (exact) mass is 550 g/mol. The van der Waals surface area contributed by atoms with Crippen LogP contribution >= 0.6 is 23.5 Å². The molecule has 5 aromatic heterocycles. The van der Waals surface area contributed by atoms with Crippen LogP contribution in [0, 0.1) is 0 Å². The molecule has 1 aliphatic rings. The van der Waals surface area contributed by atoms with Crippen LogP contribution in [-0.2, 0) is 4.74 Å². The number of carbonyl (C=O) groups excluding carboxylic acids is 1. The average Bonchev–Trinajstić information content (AvgIpc) is 3.62. The van der Waals surface area contributed by atoms with E-state index in [9.17, 15) is 4.79 Å². The number of carbonyl (C=O) groups is 1. The maximum absolute atomic E-state index is 12.4. The van der Waals surface area contributed by atoms with E-state index in [4.69, 9.17) is 16.3 Å². The molecule has 0 aliphatic carbocycles. The topological polar surface area (TPSA) is 95.4 Å². The normalized spacial score (nSPS) is 15.0. The molecule has 0 radical (unpaired) electrons. The number of hydrogen-bond acceptors (Lipinski definition) is 7. The summed E-state index contributed by atoms with van der Waals surface area (Å²) in [5.74, 6) is 0. The molecule has 0 atom stereocenters. The molecule has 38 heavy (non-hydrogen) atoms. The summed E-state index contributed by atoms with van der Waals surface area (Å²) in [5, 5.41) is 10.7. The van der Waals surface area contributed by atoms with Gasteiger partial charge in [-0.25, -0.2) is 9.78 Å². The van der Waals surface area contributed by atoms with Gasteiger partial charge in [0.1, 0.15) is 27.3 Å². The lowest BCUT2D eigenvalue weighted by Crippen LogP contribution is -2.42. The summed E-state index contributed by atoms with van der Waals surface area (Å²) in [5.41, 5.74) is 3.95. The first-order chi connectivity index (χ1) is 18.2. The molecule has 1 amide bonds. The first kappa shape index (κ1) is 24.7. The second kappa shape index (κ2) is 9.63. The number of piperidine rings is 1. The number of aromatic nitrogens is 7. The van der Waals surface area contributed by atoms with Crippen molar-refractivity contribution >= 4 is 46.3 Å².